The highest BCUT2D eigenvalue weighted by Gasteiger charge is 2.31. The third-order valence-corrected chi connectivity index (χ3v) is 5.29. The van der Waals surface area contributed by atoms with Gasteiger partial charge in [0.25, 0.3) is 0 Å². The number of piperazine rings is 1. The fraction of sp³-hybridized carbons (Fsp3) is 0.636. The maximum absolute atomic E-state index is 12.3. The molecule has 1 unspecified atom stereocenters. The molecule has 0 radical (unpaired) electrons. The van der Waals surface area contributed by atoms with Crippen LogP contribution < -0.4 is 0 Å². The Balaban J connectivity index is 1.36. The molecular formula is C22H33N3O4. The Morgan fingerprint density at radius 3 is 2.31 bits per heavy atom. The first kappa shape index (κ1) is 21.4. The van der Waals surface area contributed by atoms with Gasteiger partial charge in [0.1, 0.15) is 12.2 Å². The van der Waals surface area contributed by atoms with Crippen molar-refractivity contribution in [3.63, 3.8) is 0 Å². The number of hydrogen-bond acceptors (Lipinski definition) is 5. The minimum Gasteiger partial charge on any atom is -0.445 e. The van der Waals surface area contributed by atoms with Gasteiger partial charge in [-0.2, -0.15) is 0 Å². The third kappa shape index (κ3) is 6.63. The van der Waals surface area contributed by atoms with Crippen LogP contribution in [0.5, 0.6) is 0 Å². The lowest BCUT2D eigenvalue weighted by Gasteiger charge is -2.35. The summed E-state index contributed by atoms with van der Waals surface area (Å²) in [7, 11) is 0. The molecule has 29 heavy (non-hydrogen) atoms. The van der Waals surface area contributed by atoms with Crippen molar-refractivity contribution in [3.05, 3.63) is 35.9 Å². The fourth-order valence-corrected chi connectivity index (χ4v) is 3.76. The van der Waals surface area contributed by atoms with Crippen LogP contribution in [0.15, 0.2) is 30.3 Å². The summed E-state index contributed by atoms with van der Waals surface area (Å²) in [6.07, 6.45) is 0.537. The molecule has 2 fully saturated rings. The Hall–Kier alpha value is -2.28. The molecule has 0 spiro atoms. The van der Waals surface area contributed by atoms with E-state index in [2.05, 4.69) is 4.90 Å². The molecule has 0 aliphatic carbocycles. The predicted octanol–water partition coefficient (Wildman–Crippen LogP) is 3.20. The van der Waals surface area contributed by atoms with Gasteiger partial charge in [0.2, 0.25) is 0 Å². The molecule has 3 rings (SSSR count). The number of nitrogens with zero attached hydrogens (tertiary/aromatic N) is 3. The van der Waals surface area contributed by atoms with Crippen LogP contribution in [0.4, 0.5) is 9.59 Å². The van der Waals surface area contributed by atoms with Gasteiger partial charge < -0.3 is 19.3 Å². The molecule has 2 saturated heterocycles. The summed E-state index contributed by atoms with van der Waals surface area (Å²) in [4.78, 5) is 30.5. The van der Waals surface area contributed by atoms with Crippen molar-refractivity contribution in [1.82, 2.24) is 14.7 Å². The summed E-state index contributed by atoms with van der Waals surface area (Å²) in [5.74, 6) is 0.458. The first-order chi connectivity index (χ1) is 13.8. The first-order valence-corrected chi connectivity index (χ1v) is 10.5. The summed E-state index contributed by atoms with van der Waals surface area (Å²) in [6.45, 7) is 11.5. The van der Waals surface area contributed by atoms with Crippen molar-refractivity contribution in [3.8, 4) is 0 Å². The highest BCUT2D eigenvalue weighted by molar-refractivity contribution is 5.68. The van der Waals surface area contributed by atoms with Crippen LogP contribution in [0.1, 0.15) is 32.8 Å². The molecule has 2 aliphatic heterocycles. The van der Waals surface area contributed by atoms with E-state index in [4.69, 9.17) is 9.47 Å². The number of likely N-dealkylation sites (tertiary alicyclic amines) is 1. The molecule has 160 valence electrons. The van der Waals surface area contributed by atoms with Gasteiger partial charge >= 0.3 is 12.2 Å². The Labute approximate surface area is 173 Å². The second-order valence-corrected chi connectivity index (χ2v) is 8.91. The van der Waals surface area contributed by atoms with Crippen LogP contribution in [-0.2, 0) is 16.1 Å². The van der Waals surface area contributed by atoms with Gasteiger partial charge in [-0.3, -0.25) is 4.90 Å². The van der Waals surface area contributed by atoms with Gasteiger partial charge in [-0.1, -0.05) is 30.3 Å². The Morgan fingerprint density at radius 2 is 1.66 bits per heavy atom. The fourth-order valence-electron chi connectivity index (χ4n) is 3.76. The van der Waals surface area contributed by atoms with Crippen molar-refractivity contribution in [2.24, 2.45) is 5.92 Å². The molecular weight excluding hydrogens is 370 g/mol. The molecule has 2 heterocycles. The highest BCUT2D eigenvalue weighted by atomic mass is 16.6. The van der Waals surface area contributed by atoms with Gasteiger partial charge in [-0.25, -0.2) is 9.59 Å². The lowest BCUT2D eigenvalue weighted by Crippen LogP contribution is -2.50. The van der Waals surface area contributed by atoms with E-state index in [9.17, 15) is 9.59 Å². The Kier molecular flexibility index (Phi) is 7.00. The van der Waals surface area contributed by atoms with E-state index < -0.39 is 5.60 Å². The summed E-state index contributed by atoms with van der Waals surface area (Å²) < 4.78 is 10.9. The van der Waals surface area contributed by atoms with E-state index >= 15 is 0 Å². The Bertz CT molecular complexity index is 681. The lowest BCUT2D eigenvalue weighted by molar-refractivity contribution is 0.0281. The number of benzene rings is 1. The normalized spacial score (nSPS) is 20.6. The maximum Gasteiger partial charge on any atom is 0.410 e. The van der Waals surface area contributed by atoms with Gasteiger partial charge in [-0.15, -0.1) is 0 Å². The van der Waals surface area contributed by atoms with Crippen LogP contribution >= 0.6 is 0 Å². The predicted molar refractivity (Wildman–Crippen MR) is 111 cm³/mol. The van der Waals surface area contributed by atoms with Crippen LogP contribution in [0.3, 0.4) is 0 Å². The van der Waals surface area contributed by atoms with Crippen LogP contribution in [0, 0.1) is 5.92 Å². The number of ether oxygens (including phenoxy) is 2. The van der Waals surface area contributed by atoms with E-state index in [1.807, 2.05) is 56.0 Å². The maximum atomic E-state index is 12.3. The number of carbonyl (C=O) groups is 2. The van der Waals surface area contributed by atoms with Crippen molar-refractivity contribution < 1.29 is 19.1 Å². The van der Waals surface area contributed by atoms with Crippen molar-refractivity contribution in [2.45, 2.75) is 39.4 Å². The van der Waals surface area contributed by atoms with Gasteiger partial charge in [0.05, 0.1) is 0 Å². The highest BCUT2D eigenvalue weighted by Crippen LogP contribution is 2.21. The second-order valence-electron chi connectivity index (χ2n) is 8.91. The van der Waals surface area contributed by atoms with E-state index in [-0.39, 0.29) is 12.2 Å². The van der Waals surface area contributed by atoms with Crippen molar-refractivity contribution in [2.75, 3.05) is 45.8 Å². The molecule has 0 bridgehead atoms. The summed E-state index contributed by atoms with van der Waals surface area (Å²) >= 11 is 0. The molecule has 1 aromatic carbocycles. The molecule has 7 nitrogen and oxygen atoms in total. The standard InChI is InChI=1S/C22H33N3O4/c1-22(2,3)29-21(27)25-10-9-19(16-25)15-23-11-13-24(14-12-23)20(26)28-17-18-7-5-4-6-8-18/h4-8,19H,9-17H2,1-3H3. The molecule has 2 amide bonds. The molecule has 0 aromatic heterocycles. The summed E-state index contributed by atoms with van der Waals surface area (Å²) in [5.41, 5.74) is 0.538. The van der Waals surface area contributed by atoms with E-state index in [0.717, 1.165) is 44.7 Å². The summed E-state index contributed by atoms with van der Waals surface area (Å²) in [6, 6.07) is 9.73. The van der Waals surface area contributed by atoms with Gasteiger partial charge in [-0.05, 0) is 38.7 Å². The molecule has 2 aliphatic rings. The number of carbonyl (C=O) groups excluding carboxylic acids is 2. The van der Waals surface area contributed by atoms with Crippen molar-refractivity contribution >= 4 is 12.2 Å². The average Bonchev–Trinajstić information content (AvgIpc) is 3.15. The van der Waals surface area contributed by atoms with E-state index in [1.165, 1.54) is 0 Å². The number of rotatable bonds is 4. The van der Waals surface area contributed by atoms with Crippen LogP contribution in [0.25, 0.3) is 0 Å². The molecule has 1 atom stereocenters. The topological polar surface area (TPSA) is 62.3 Å². The Morgan fingerprint density at radius 1 is 0.966 bits per heavy atom. The number of amides is 2. The smallest absolute Gasteiger partial charge is 0.410 e. The van der Waals surface area contributed by atoms with E-state index in [1.54, 1.807) is 4.90 Å². The zero-order valence-electron chi connectivity index (χ0n) is 17.8. The molecule has 0 saturated carbocycles. The number of hydrogen-bond donors (Lipinski definition) is 0. The van der Waals surface area contributed by atoms with Crippen LogP contribution in [-0.4, -0.2) is 78.3 Å². The SMILES string of the molecule is CC(C)(C)OC(=O)N1CCC(CN2CCN(C(=O)OCc3ccccc3)CC2)C1. The van der Waals surface area contributed by atoms with Crippen LogP contribution in [0.2, 0.25) is 0 Å². The zero-order valence-corrected chi connectivity index (χ0v) is 17.8. The molecule has 1 aromatic rings. The lowest BCUT2D eigenvalue weighted by atomic mass is 10.1. The second kappa shape index (κ2) is 9.48. The van der Waals surface area contributed by atoms with E-state index in [0.29, 0.717) is 25.6 Å². The average molecular weight is 404 g/mol. The first-order valence-electron chi connectivity index (χ1n) is 10.5. The summed E-state index contributed by atoms with van der Waals surface area (Å²) in [5, 5.41) is 0. The van der Waals surface area contributed by atoms with Gasteiger partial charge in [0.15, 0.2) is 0 Å². The molecule has 0 N–H and O–H groups in total. The largest absolute Gasteiger partial charge is 0.445 e. The quantitative estimate of drug-likeness (QED) is 0.773. The molecule has 7 heteroatoms. The van der Waals surface area contributed by atoms with Crippen molar-refractivity contribution in [1.29, 1.82) is 0 Å². The van der Waals surface area contributed by atoms with Gasteiger partial charge in [0, 0.05) is 45.8 Å². The minimum absolute atomic E-state index is 0.217. The monoisotopic (exact) mass is 403 g/mol. The zero-order chi connectivity index (χ0) is 20.9. The minimum atomic E-state index is -0.458. The third-order valence-electron chi connectivity index (χ3n) is 5.29.